The molecule has 120 valence electrons. The van der Waals surface area contributed by atoms with Crippen molar-refractivity contribution in [3.63, 3.8) is 0 Å². The molecule has 2 rings (SSSR count). The van der Waals surface area contributed by atoms with E-state index in [2.05, 4.69) is 10.3 Å². The molecular formula is C18H19FN2O2. The van der Waals surface area contributed by atoms with Crippen molar-refractivity contribution in [1.82, 2.24) is 0 Å². The highest BCUT2D eigenvalue weighted by molar-refractivity contribution is 5.85. The number of carbonyl (C=O) groups excluding carboxylic acids is 1. The number of amides is 1. The van der Waals surface area contributed by atoms with Gasteiger partial charge in [-0.25, -0.2) is 9.18 Å². The van der Waals surface area contributed by atoms with Gasteiger partial charge in [-0.2, -0.15) is 0 Å². The van der Waals surface area contributed by atoms with E-state index in [1.807, 2.05) is 0 Å². The number of carbonyl (C=O) groups is 1. The van der Waals surface area contributed by atoms with Crippen molar-refractivity contribution in [1.29, 1.82) is 0 Å². The fourth-order valence-electron chi connectivity index (χ4n) is 1.75. The highest BCUT2D eigenvalue weighted by atomic mass is 19.1. The second-order valence-electron chi connectivity index (χ2n) is 5.98. The van der Waals surface area contributed by atoms with Gasteiger partial charge in [0.15, 0.2) is 0 Å². The average Bonchev–Trinajstić information content (AvgIpc) is 2.46. The number of aliphatic imine (C=N–C) groups is 1. The maximum atomic E-state index is 12.8. The summed E-state index contributed by atoms with van der Waals surface area (Å²) in [4.78, 5) is 16.0. The molecule has 0 fully saturated rings. The van der Waals surface area contributed by atoms with Crippen molar-refractivity contribution < 1.29 is 13.9 Å². The lowest BCUT2D eigenvalue weighted by molar-refractivity contribution is 0.0636. The van der Waals surface area contributed by atoms with Gasteiger partial charge >= 0.3 is 6.09 Å². The number of nitrogens with zero attached hydrogens (tertiary/aromatic N) is 1. The highest BCUT2D eigenvalue weighted by Crippen LogP contribution is 2.17. The second kappa shape index (κ2) is 7.05. The number of hydrogen-bond acceptors (Lipinski definition) is 3. The van der Waals surface area contributed by atoms with E-state index < -0.39 is 11.7 Å². The Morgan fingerprint density at radius 3 is 2.26 bits per heavy atom. The van der Waals surface area contributed by atoms with Crippen molar-refractivity contribution in [2.45, 2.75) is 26.4 Å². The Morgan fingerprint density at radius 2 is 1.70 bits per heavy atom. The van der Waals surface area contributed by atoms with E-state index in [1.165, 1.54) is 12.1 Å². The zero-order valence-electron chi connectivity index (χ0n) is 13.3. The third kappa shape index (κ3) is 5.90. The predicted molar refractivity (Wildman–Crippen MR) is 90.0 cm³/mol. The van der Waals surface area contributed by atoms with Crippen LogP contribution in [0.3, 0.4) is 0 Å². The van der Waals surface area contributed by atoms with Crippen LogP contribution in [0.4, 0.5) is 20.6 Å². The van der Waals surface area contributed by atoms with Crippen LogP contribution < -0.4 is 5.32 Å². The van der Waals surface area contributed by atoms with Crippen LogP contribution in [0, 0.1) is 5.82 Å². The number of benzene rings is 2. The van der Waals surface area contributed by atoms with Gasteiger partial charge in [-0.05, 0) is 62.7 Å². The molecule has 5 heteroatoms. The van der Waals surface area contributed by atoms with Crippen LogP contribution in [-0.4, -0.2) is 17.9 Å². The number of halogens is 1. The fourth-order valence-corrected chi connectivity index (χ4v) is 1.75. The van der Waals surface area contributed by atoms with Gasteiger partial charge in [-0.1, -0.05) is 12.1 Å². The van der Waals surface area contributed by atoms with E-state index in [1.54, 1.807) is 63.4 Å². The molecule has 2 aromatic carbocycles. The van der Waals surface area contributed by atoms with E-state index in [9.17, 15) is 9.18 Å². The fraction of sp³-hybridized carbons (Fsp3) is 0.222. The van der Waals surface area contributed by atoms with Crippen molar-refractivity contribution in [3.8, 4) is 0 Å². The van der Waals surface area contributed by atoms with Crippen LogP contribution in [0.1, 0.15) is 26.3 Å². The van der Waals surface area contributed by atoms with Crippen molar-refractivity contribution in [3.05, 3.63) is 59.9 Å². The molecule has 4 nitrogen and oxygen atoms in total. The third-order valence-electron chi connectivity index (χ3n) is 2.75. The Labute approximate surface area is 135 Å². The Morgan fingerprint density at radius 1 is 1.09 bits per heavy atom. The average molecular weight is 314 g/mol. The molecule has 0 bridgehead atoms. The van der Waals surface area contributed by atoms with Crippen molar-refractivity contribution in [2.24, 2.45) is 4.99 Å². The first-order chi connectivity index (χ1) is 10.8. The topological polar surface area (TPSA) is 50.7 Å². The summed E-state index contributed by atoms with van der Waals surface area (Å²) in [5.41, 5.74) is 1.62. The molecule has 1 N–H and O–H groups in total. The molecule has 1 amide bonds. The molecule has 0 aliphatic carbocycles. The van der Waals surface area contributed by atoms with Crippen molar-refractivity contribution >= 4 is 23.7 Å². The Balaban J connectivity index is 1.96. The van der Waals surface area contributed by atoms with Gasteiger partial charge in [-0.15, -0.1) is 0 Å². The third-order valence-corrected chi connectivity index (χ3v) is 2.75. The smallest absolute Gasteiger partial charge is 0.412 e. The molecule has 0 atom stereocenters. The van der Waals surface area contributed by atoms with Gasteiger partial charge in [0.05, 0.1) is 5.69 Å². The molecule has 0 radical (unpaired) electrons. The number of ether oxygens (including phenoxy) is 1. The van der Waals surface area contributed by atoms with Crippen LogP contribution in [0.5, 0.6) is 0 Å². The lowest BCUT2D eigenvalue weighted by Crippen LogP contribution is -2.27. The highest BCUT2D eigenvalue weighted by Gasteiger charge is 2.15. The van der Waals surface area contributed by atoms with Crippen LogP contribution >= 0.6 is 0 Å². The first-order valence-electron chi connectivity index (χ1n) is 7.21. The SMILES string of the molecule is CC(C)(C)OC(=O)Nc1ccc(N=Cc2ccc(F)cc2)cc1. The monoisotopic (exact) mass is 314 g/mol. The largest absolute Gasteiger partial charge is 0.444 e. The molecular weight excluding hydrogens is 295 g/mol. The molecule has 0 saturated carbocycles. The Kier molecular flexibility index (Phi) is 5.11. The summed E-state index contributed by atoms with van der Waals surface area (Å²) in [7, 11) is 0. The second-order valence-corrected chi connectivity index (χ2v) is 5.98. The van der Waals surface area contributed by atoms with Crippen LogP contribution in [0.25, 0.3) is 0 Å². The number of hydrogen-bond donors (Lipinski definition) is 1. The molecule has 0 unspecified atom stereocenters. The van der Waals surface area contributed by atoms with Gasteiger partial charge in [-0.3, -0.25) is 10.3 Å². The predicted octanol–water partition coefficient (Wildman–Crippen LogP) is 4.92. The molecule has 0 heterocycles. The van der Waals surface area contributed by atoms with Crippen molar-refractivity contribution in [2.75, 3.05) is 5.32 Å². The summed E-state index contributed by atoms with van der Waals surface area (Å²) in [5, 5.41) is 2.65. The van der Waals surface area contributed by atoms with Gasteiger partial charge in [0.2, 0.25) is 0 Å². The summed E-state index contributed by atoms with van der Waals surface area (Å²) in [6.45, 7) is 5.42. The molecule has 2 aromatic rings. The van der Waals surface area contributed by atoms with Crippen LogP contribution in [0.2, 0.25) is 0 Å². The van der Waals surface area contributed by atoms with Crippen LogP contribution in [0.15, 0.2) is 53.5 Å². The van der Waals surface area contributed by atoms with Gasteiger partial charge in [0.25, 0.3) is 0 Å². The summed E-state index contributed by atoms with van der Waals surface area (Å²) in [6.07, 6.45) is 1.15. The molecule has 0 saturated heterocycles. The number of anilines is 1. The molecule has 0 spiro atoms. The lowest BCUT2D eigenvalue weighted by Gasteiger charge is -2.19. The van der Waals surface area contributed by atoms with E-state index >= 15 is 0 Å². The summed E-state index contributed by atoms with van der Waals surface area (Å²) >= 11 is 0. The zero-order chi connectivity index (χ0) is 16.9. The Bertz CT molecular complexity index is 686. The minimum absolute atomic E-state index is 0.278. The maximum absolute atomic E-state index is 12.8. The van der Waals surface area contributed by atoms with E-state index in [-0.39, 0.29) is 5.82 Å². The first-order valence-corrected chi connectivity index (χ1v) is 7.21. The summed E-state index contributed by atoms with van der Waals surface area (Å²) in [5.74, 6) is -0.278. The maximum Gasteiger partial charge on any atom is 0.412 e. The standard InChI is InChI=1S/C18H19FN2O2/c1-18(2,3)23-17(22)21-16-10-8-15(9-11-16)20-12-13-4-6-14(19)7-5-13/h4-12H,1-3H3,(H,21,22). The lowest BCUT2D eigenvalue weighted by atomic mass is 10.2. The molecule has 23 heavy (non-hydrogen) atoms. The minimum atomic E-state index is -0.538. The molecule has 0 aromatic heterocycles. The van der Waals surface area contributed by atoms with E-state index in [0.717, 1.165) is 11.3 Å². The van der Waals surface area contributed by atoms with E-state index in [0.29, 0.717) is 5.69 Å². The van der Waals surface area contributed by atoms with Gasteiger partial charge in [0.1, 0.15) is 11.4 Å². The zero-order valence-corrected chi connectivity index (χ0v) is 13.3. The number of rotatable bonds is 3. The quantitative estimate of drug-likeness (QED) is 0.817. The van der Waals surface area contributed by atoms with Gasteiger partial charge < -0.3 is 4.74 Å². The first kappa shape index (κ1) is 16.7. The molecule has 0 aliphatic heterocycles. The van der Waals surface area contributed by atoms with Gasteiger partial charge in [0, 0.05) is 11.9 Å². The Hall–Kier alpha value is -2.69. The van der Waals surface area contributed by atoms with E-state index in [4.69, 9.17) is 4.74 Å². The summed E-state index contributed by atoms with van der Waals surface area (Å²) < 4.78 is 18.0. The molecule has 0 aliphatic rings. The normalized spacial score (nSPS) is 11.5. The van der Waals surface area contributed by atoms with Crippen LogP contribution in [-0.2, 0) is 4.74 Å². The summed E-state index contributed by atoms with van der Waals surface area (Å²) in [6, 6.07) is 13.1. The minimum Gasteiger partial charge on any atom is -0.444 e. The number of nitrogens with one attached hydrogen (secondary N) is 1.